The van der Waals surface area contributed by atoms with E-state index in [4.69, 9.17) is 4.74 Å². The summed E-state index contributed by atoms with van der Waals surface area (Å²) in [6.07, 6.45) is 0. The second-order valence-electron chi connectivity index (χ2n) is 8.97. The first kappa shape index (κ1) is 22.1. The van der Waals surface area contributed by atoms with Crippen molar-refractivity contribution in [1.82, 2.24) is 14.4 Å². The molecule has 0 radical (unpaired) electrons. The van der Waals surface area contributed by atoms with Crippen LogP contribution in [-0.2, 0) is 10.3 Å². The Morgan fingerprint density at radius 1 is 1.00 bits per heavy atom. The van der Waals surface area contributed by atoms with E-state index in [0.29, 0.717) is 38.5 Å². The molecule has 1 aromatic heterocycles. The fourth-order valence-electron chi connectivity index (χ4n) is 4.27. The van der Waals surface area contributed by atoms with Crippen LogP contribution in [-0.4, -0.2) is 65.4 Å². The fourth-order valence-corrected chi connectivity index (χ4v) is 4.27. The normalized spacial score (nSPS) is 15.3. The van der Waals surface area contributed by atoms with E-state index in [1.54, 1.807) is 0 Å². The maximum atomic E-state index is 12.9. The Morgan fingerprint density at radius 3 is 2.20 bits per heavy atom. The highest BCUT2D eigenvalue weighted by Crippen LogP contribution is 2.25. The number of hydrogen-bond acceptors (Lipinski definition) is 4. The molecule has 1 aromatic carbocycles. The predicted octanol–water partition coefficient (Wildman–Crippen LogP) is 3.27. The molecule has 162 valence electrons. The number of aromatic nitrogens is 1. The van der Waals surface area contributed by atoms with Crippen LogP contribution in [0.3, 0.4) is 0 Å². The molecule has 0 spiro atoms. The molecule has 0 N–H and O–H groups in total. The van der Waals surface area contributed by atoms with Crippen molar-refractivity contribution in [2.75, 3.05) is 39.3 Å². The average molecular weight is 412 g/mol. The number of aryl methyl sites for hydroxylation is 1. The highest BCUT2D eigenvalue weighted by atomic mass is 16.5. The SMILES string of the molecule is Cc1cc(C(=O)CN2CCN(C(=O)COc3ccccc3)CC2)c(C)n1C(C)(C)C. The maximum Gasteiger partial charge on any atom is 0.260 e. The number of carbonyl (C=O) groups excluding carboxylic acids is 2. The molecule has 6 heteroatoms. The molecule has 1 aliphatic heterocycles. The Balaban J connectivity index is 1.51. The lowest BCUT2D eigenvalue weighted by Gasteiger charge is -2.34. The zero-order valence-electron chi connectivity index (χ0n) is 18.8. The third-order valence-corrected chi connectivity index (χ3v) is 5.60. The number of benzene rings is 1. The molecule has 0 unspecified atom stereocenters. The summed E-state index contributed by atoms with van der Waals surface area (Å²) >= 11 is 0. The van der Waals surface area contributed by atoms with Gasteiger partial charge in [-0.1, -0.05) is 18.2 Å². The van der Waals surface area contributed by atoms with Gasteiger partial charge in [0.05, 0.1) is 6.54 Å². The summed E-state index contributed by atoms with van der Waals surface area (Å²) in [7, 11) is 0. The maximum absolute atomic E-state index is 12.9. The topological polar surface area (TPSA) is 54.8 Å². The van der Waals surface area contributed by atoms with Gasteiger partial charge in [-0.2, -0.15) is 0 Å². The second kappa shape index (κ2) is 9.04. The summed E-state index contributed by atoms with van der Waals surface area (Å²) in [5.74, 6) is 0.826. The van der Waals surface area contributed by atoms with Gasteiger partial charge < -0.3 is 14.2 Å². The zero-order valence-corrected chi connectivity index (χ0v) is 18.8. The van der Waals surface area contributed by atoms with Crippen LogP contribution in [0.4, 0.5) is 0 Å². The van der Waals surface area contributed by atoms with Crippen LogP contribution >= 0.6 is 0 Å². The van der Waals surface area contributed by atoms with Gasteiger partial charge in [0.15, 0.2) is 12.4 Å². The van der Waals surface area contributed by atoms with E-state index in [1.807, 2.05) is 48.2 Å². The highest BCUT2D eigenvalue weighted by molar-refractivity contribution is 5.99. The third kappa shape index (κ3) is 5.11. The summed E-state index contributed by atoms with van der Waals surface area (Å²) < 4.78 is 7.79. The first-order chi connectivity index (χ1) is 14.2. The zero-order chi connectivity index (χ0) is 21.9. The molecule has 0 saturated carbocycles. The quantitative estimate of drug-likeness (QED) is 0.685. The summed E-state index contributed by atoms with van der Waals surface area (Å²) in [6.45, 7) is 13.6. The summed E-state index contributed by atoms with van der Waals surface area (Å²) in [5.41, 5.74) is 2.88. The smallest absolute Gasteiger partial charge is 0.260 e. The van der Waals surface area contributed by atoms with Crippen molar-refractivity contribution >= 4 is 11.7 Å². The van der Waals surface area contributed by atoms with Gasteiger partial charge in [0.1, 0.15) is 5.75 Å². The van der Waals surface area contributed by atoms with Gasteiger partial charge in [-0.3, -0.25) is 14.5 Å². The number of para-hydroxylation sites is 1. The molecule has 30 heavy (non-hydrogen) atoms. The van der Waals surface area contributed by atoms with Gasteiger partial charge in [-0.25, -0.2) is 0 Å². The van der Waals surface area contributed by atoms with Crippen molar-refractivity contribution in [3.05, 3.63) is 53.3 Å². The minimum absolute atomic E-state index is 0.0152. The molecule has 3 rings (SSSR count). The van der Waals surface area contributed by atoms with Crippen LogP contribution in [0, 0.1) is 13.8 Å². The second-order valence-corrected chi connectivity index (χ2v) is 8.97. The van der Waals surface area contributed by atoms with Crippen molar-refractivity contribution in [2.45, 2.75) is 40.2 Å². The Hall–Kier alpha value is -2.60. The number of carbonyl (C=O) groups is 2. The van der Waals surface area contributed by atoms with Crippen molar-refractivity contribution in [2.24, 2.45) is 0 Å². The molecule has 1 aliphatic rings. The summed E-state index contributed by atoms with van der Waals surface area (Å²) in [5, 5.41) is 0. The standard InChI is InChI=1S/C24H33N3O3/c1-18-15-21(19(2)27(18)24(3,4)5)22(28)16-25-11-13-26(14-12-25)23(29)17-30-20-9-7-6-8-10-20/h6-10,15H,11-14,16-17H2,1-5H3. The fraction of sp³-hybridized carbons (Fsp3) is 0.500. The molecule has 1 fully saturated rings. The number of hydrogen-bond donors (Lipinski definition) is 0. The monoisotopic (exact) mass is 411 g/mol. The third-order valence-electron chi connectivity index (χ3n) is 5.60. The predicted molar refractivity (Wildman–Crippen MR) is 118 cm³/mol. The van der Waals surface area contributed by atoms with E-state index in [2.05, 4.69) is 37.2 Å². The number of Topliss-reactive ketones (excluding diaryl/α,β-unsaturated/α-hetero) is 1. The number of piperazine rings is 1. The first-order valence-corrected chi connectivity index (χ1v) is 10.6. The molecule has 0 atom stereocenters. The van der Waals surface area contributed by atoms with Crippen LogP contribution in [0.2, 0.25) is 0 Å². The van der Waals surface area contributed by atoms with E-state index in [1.165, 1.54) is 0 Å². The molecular formula is C24H33N3O3. The van der Waals surface area contributed by atoms with Crippen molar-refractivity contribution < 1.29 is 14.3 Å². The summed E-state index contributed by atoms with van der Waals surface area (Å²) in [6, 6.07) is 11.4. The molecule has 1 amide bonds. The number of ether oxygens (including phenoxy) is 1. The van der Waals surface area contributed by atoms with E-state index >= 15 is 0 Å². The van der Waals surface area contributed by atoms with Gasteiger partial charge >= 0.3 is 0 Å². The Labute approximate surface area is 179 Å². The largest absolute Gasteiger partial charge is 0.484 e. The number of amides is 1. The van der Waals surface area contributed by atoms with Crippen molar-refractivity contribution in [1.29, 1.82) is 0 Å². The van der Waals surface area contributed by atoms with Gasteiger partial charge in [0, 0.05) is 48.7 Å². The average Bonchev–Trinajstić information content (AvgIpc) is 3.02. The van der Waals surface area contributed by atoms with Gasteiger partial charge in [0.2, 0.25) is 0 Å². The number of nitrogens with zero attached hydrogens (tertiary/aromatic N) is 3. The number of ketones is 1. The molecule has 6 nitrogen and oxygen atoms in total. The lowest BCUT2D eigenvalue weighted by atomic mass is 10.1. The molecular weight excluding hydrogens is 378 g/mol. The lowest BCUT2D eigenvalue weighted by Crippen LogP contribution is -2.51. The van der Waals surface area contributed by atoms with Gasteiger partial charge in [-0.05, 0) is 52.8 Å². The Kier molecular flexibility index (Phi) is 6.66. The molecule has 0 bridgehead atoms. The van der Waals surface area contributed by atoms with Crippen molar-refractivity contribution in [3.8, 4) is 5.75 Å². The van der Waals surface area contributed by atoms with E-state index in [9.17, 15) is 9.59 Å². The summed E-state index contributed by atoms with van der Waals surface area (Å²) in [4.78, 5) is 29.3. The van der Waals surface area contributed by atoms with Crippen LogP contribution in [0.25, 0.3) is 0 Å². The molecule has 1 saturated heterocycles. The molecule has 2 heterocycles. The van der Waals surface area contributed by atoms with Gasteiger partial charge in [0.25, 0.3) is 5.91 Å². The van der Waals surface area contributed by atoms with E-state index in [0.717, 1.165) is 17.0 Å². The van der Waals surface area contributed by atoms with Crippen LogP contribution < -0.4 is 4.74 Å². The first-order valence-electron chi connectivity index (χ1n) is 10.6. The van der Waals surface area contributed by atoms with E-state index in [-0.39, 0.29) is 23.8 Å². The molecule has 0 aliphatic carbocycles. The minimum atomic E-state index is -0.0551. The Morgan fingerprint density at radius 2 is 1.63 bits per heavy atom. The van der Waals surface area contributed by atoms with Crippen LogP contribution in [0.1, 0.15) is 42.5 Å². The lowest BCUT2D eigenvalue weighted by molar-refractivity contribution is -0.135. The Bertz CT molecular complexity index is 888. The highest BCUT2D eigenvalue weighted by Gasteiger charge is 2.26. The van der Waals surface area contributed by atoms with Crippen LogP contribution in [0.5, 0.6) is 5.75 Å². The van der Waals surface area contributed by atoms with Crippen molar-refractivity contribution in [3.63, 3.8) is 0 Å². The van der Waals surface area contributed by atoms with Gasteiger partial charge in [-0.15, -0.1) is 0 Å². The minimum Gasteiger partial charge on any atom is -0.484 e. The molecule has 2 aromatic rings. The van der Waals surface area contributed by atoms with Crippen LogP contribution in [0.15, 0.2) is 36.4 Å². The van der Waals surface area contributed by atoms with E-state index < -0.39 is 0 Å². The number of rotatable bonds is 6.